The first-order chi connectivity index (χ1) is 11.2. The van der Waals surface area contributed by atoms with Gasteiger partial charge in [0.2, 0.25) is 5.91 Å². The van der Waals surface area contributed by atoms with Crippen molar-refractivity contribution in [2.75, 3.05) is 19.0 Å². The Morgan fingerprint density at radius 1 is 1.17 bits per heavy atom. The molecule has 1 heterocycles. The molecule has 1 amide bonds. The number of anilines is 1. The molecule has 1 aliphatic heterocycles. The summed E-state index contributed by atoms with van der Waals surface area (Å²) in [6, 6.07) is 11.8. The number of benzene rings is 2. The molecule has 0 bridgehead atoms. The summed E-state index contributed by atoms with van der Waals surface area (Å²) in [5.41, 5.74) is 4.08. The van der Waals surface area contributed by atoms with E-state index in [0.29, 0.717) is 18.8 Å². The number of hydrogen-bond donors (Lipinski definition) is 1. The molecule has 1 aliphatic rings. The molecule has 3 rings (SSSR count). The van der Waals surface area contributed by atoms with Crippen LogP contribution in [-0.4, -0.2) is 19.6 Å². The minimum absolute atomic E-state index is 0.0413. The Balaban J connectivity index is 1.97. The van der Waals surface area contributed by atoms with E-state index in [9.17, 15) is 4.79 Å². The van der Waals surface area contributed by atoms with Crippen LogP contribution in [0.15, 0.2) is 36.4 Å². The summed E-state index contributed by atoms with van der Waals surface area (Å²) in [5, 5.41) is 3.01. The summed E-state index contributed by atoms with van der Waals surface area (Å²) in [6.07, 6.45) is 0.592. The fourth-order valence-electron chi connectivity index (χ4n) is 3.12. The fraction of sp³-hybridized carbons (Fsp3) is 0.316. The van der Waals surface area contributed by atoms with Crippen LogP contribution >= 0.6 is 0 Å². The van der Waals surface area contributed by atoms with Crippen LogP contribution in [0.5, 0.6) is 11.5 Å². The maximum atomic E-state index is 12.4. The lowest BCUT2D eigenvalue weighted by atomic mass is 9.92. The van der Waals surface area contributed by atoms with Crippen molar-refractivity contribution in [1.82, 2.24) is 0 Å². The van der Waals surface area contributed by atoms with Gasteiger partial charge in [0, 0.05) is 5.69 Å². The standard InChI is InChI=1S/C19H21NO3/c1-4-23-18-13(8-6-10-16(18)22-3)11-15-14-9-5-7-12(2)17(14)20-19(15)21/h5-10,15H,4,11H2,1-3H3,(H,20,21). The number of amides is 1. The van der Waals surface area contributed by atoms with Crippen molar-refractivity contribution >= 4 is 11.6 Å². The van der Waals surface area contributed by atoms with Gasteiger partial charge in [0.1, 0.15) is 0 Å². The number of methoxy groups -OCH3 is 1. The van der Waals surface area contributed by atoms with E-state index in [-0.39, 0.29) is 11.8 Å². The highest BCUT2D eigenvalue weighted by molar-refractivity contribution is 6.03. The van der Waals surface area contributed by atoms with E-state index in [1.165, 1.54) is 0 Å². The molecule has 0 radical (unpaired) electrons. The SMILES string of the molecule is CCOc1c(CC2C(=O)Nc3c(C)cccc32)cccc1OC. The molecule has 0 aliphatic carbocycles. The third-order valence-electron chi connectivity index (χ3n) is 4.24. The fourth-order valence-corrected chi connectivity index (χ4v) is 3.12. The molecule has 1 N–H and O–H groups in total. The van der Waals surface area contributed by atoms with Crippen molar-refractivity contribution in [2.45, 2.75) is 26.2 Å². The second-order valence-electron chi connectivity index (χ2n) is 5.67. The molecule has 1 atom stereocenters. The Bertz CT molecular complexity index is 739. The van der Waals surface area contributed by atoms with E-state index >= 15 is 0 Å². The highest BCUT2D eigenvalue weighted by Crippen LogP contribution is 2.40. The van der Waals surface area contributed by atoms with Gasteiger partial charge in [0.05, 0.1) is 19.6 Å². The van der Waals surface area contributed by atoms with E-state index in [1.807, 2.05) is 50.2 Å². The molecule has 2 aromatic carbocycles. The van der Waals surface area contributed by atoms with Crippen molar-refractivity contribution in [1.29, 1.82) is 0 Å². The zero-order valence-electron chi connectivity index (χ0n) is 13.7. The lowest BCUT2D eigenvalue weighted by Gasteiger charge is -2.16. The van der Waals surface area contributed by atoms with Crippen molar-refractivity contribution in [3.63, 3.8) is 0 Å². The normalized spacial score (nSPS) is 16.0. The summed E-state index contributed by atoms with van der Waals surface area (Å²) >= 11 is 0. The van der Waals surface area contributed by atoms with Gasteiger partial charge >= 0.3 is 0 Å². The number of rotatable bonds is 5. The van der Waals surface area contributed by atoms with Crippen LogP contribution < -0.4 is 14.8 Å². The molecule has 120 valence electrons. The molecule has 0 aromatic heterocycles. The number of carbonyl (C=O) groups is 1. The van der Waals surface area contributed by atoms with Gasteiger partial charge in [-0.05, 0) is 43.0 Å². The highest BCUT2D eigenvalue weighted by Gasteiger charge is 2.32. The molecule has 4 heteroatoms. The minimum Gasteiger partial charge on any atom is -0.493 e. The van der Waals surface area contributed by atoms with Gasteiger partial charge in [-0.1, -0.05) is 30.3 Å². The molecular formula is C19H21NO3. The molecule has 0 fully saturated rings. The Morgan fingerprint density at radius 3 is 2.70 bits per heavy atom. The molecule has 0 saturated carbocycles. The third kappa shape index (κ3) is 2.77. The van der Waals surface area contributed by atoms with E-state index < -0.39 is 0 Å². The van der Waals surface area contributed by atoms with Gasteiger partial charge in [-0.15, -0.1) is 0 Å². The maximum Gasteiger partial charge on any atom is 0.232 e. The molecule has 1 unspecified atom stereocenters. The van der Waals surface area contributed by atoms with Gasteiger partial charge in [0.25, 0.3) is 0 Å². The Labute approximate surface area is 136 Å². The zero-order valence-corrected chi connectivity index (χ0v) is 13.7. The lowest BCUT2D eigenvalue weighted by molar-refractivity contribution is -0.117. The Morgan fingerprint density at radius 2 is 1.96 bits per heavy atom. The largest absolute Gasteiger partial charge is 0.493 e. The van der Waals surface area contributed by atoms with Crippen molar-refractivity contribution in [3.8, 4) is 11.5 Å². The van der Waals surface area contributed by atoms with E-state index in [4.69, 9.17) is 9.47 Å². The second kappa shape index (κ2) is 6.32. The van der Waals surface area contributed by atoms with Crippen LogP contribution in [0.2, 0.25) is 0 Å². The summed E-state index contributed by atoms with van der Waals surface area (Å²) in [6.45, 7) is 4.51. The number of ether oxygens (including phenoxy) is 2. The third-order valence-corrected chi connectivity index (χ3v) is 4.24. The van der Waals surface area contributed by atoms with Crippen LogP contribution in [-0.2, 0) is 11.2 Å². The van der Waals surface area contributed by atoms with Gasteiger partial charge in [-0.3, -0.25) is 4.79 Å². The number of hydrogen-bond acceptors (Lipinski definition) is 3. The first-order valence-electron chi connectivity index (χ1n) is 7.84. The zero-order chi connectivity index (χ0) is 16.4. The summed E-state index contributed by atoms with van der Waals surface area (Å²) in [5.74, 6) is 1.27. The highest BCUT2D eigenvalue weighted by atomic mass is 16.5. The van der Waals surface area contributed by atoms with Gasteiger partial charge in [-0.25, -0.2) is 0 Å². The van der Waals surface area contributed by atoms with Crippen LogP contribution in [0.25, 0.3) is 0 Å². The number of nitrogens with one attached hydrogen (secondary N) is 1. The van der Waals surface area contributed by atoms with Crippen LogP contribution in [0.3, 0.4) is 0 Å². The van der Waals surface area contributed by atoms with Gasteiger partial charge < -0.3 is 14.8 Å². The van der Waals surface area contributed by atoms with Crippen molar-refractivity contribution < 1.29 is 14.3 Å². The topological polar surface area (TPSA) is 47.6 Å². The van der Waals surface area contributed by atoms with Crippen LogP contribution in [0.4, 0.5) is 5.69 Å². The summed E-state index contributed by atoms with van der Waals surface area (Å²) < 4.78 is 11.2. The second-order valence-corrected chi connectivity index (χ2v) is 5.67. The average molecular weight is 311 g/mol. The van der Waals surface area contributed by atoms with Crippen molar-refractivity contribution in [3.05, 3.63) is 53.1 Å². The van der Waals surface area contributed by atoms with Crippen LogP contribution in [0, 0.1) is 6.92 Å². The van der Waals surface area contributed by atoms with E-state index in [0.717, 1.165) is 28.1 Å². The maximum absolute atomic E-state index is 12.4. The number of aryl methyl sites for hydroxylation is 1. The Hall–Kier alpha value is -2.49. The molecule has 2 aromatic rings. The molecular weight excluding hydrogens is 290 g/mol. The van der Waals surface area contributed by atoms with Gasteiger partial charge in [-0.2, -0.15) is 0 Å². The number of carbonyl (C=O) groups excluding carboxylic acids is 1. The predicted octanol–water partition coefficient (Wildman–Crippen LogP) is 3.68. The van der Waals surface area contributed by atoms with Gasteiger partial charge in [0.15, 0.2) is 11.5 Å². The van der Waals surface area contributed by atoms with Crippen LogP contribution in [0.1, 0.15) is 29.5 Å². The number of para-hydroxylation sites is 2. The molecule has 4 nitrogen and oxygen atoms in total. The molecule has 0 saturated heterocycles. The monoisotopic (exact) mass is 311 g/mol. The van der Waals surface area contributed by atoms with Crippen molar-refractivity contribution in [2.24, 2.45) is 0 Å². The molecule has 0 spiro atoms. The first kappa shape index (κ1) is 15.4. The Kier molecular flexibility index (Phi) is 4.24. The lowest BCUT2D eigenvalue weighted by Crippen LogP contribution is -2.15. The molecule has 23 heavy (non-hydrogen) atoms. The predicted molar refractivity (Wildman–Crippen MR) is 90.4 cm³/mol. The van der Waals surface area contributed by atoms with E-state index in [2.05, 4.69) is 5.32 Å². The minimum atomic E-state index is -0.198. The van der Waals surface area contributed by atoms with E-state index in [1.54, 1.807) is 7.11 Å². The number of fused-ring (bicyclic) bond motifs is 1. The average Bonchev–Trinajstić information content (AvgIpc) is 2.87. The summed E-state index contributed by atoms with van der Waals surface area (Å²) in [4.78, 5) is 12.4. The first-order valence-corrected chi connectivity index (χ1v) is 7.84. The quantitative estimate of drug-likeness (QED) is 0.916. The summed E-state index contributed by atoms with van der Waals surface area (Å²) in [7, 11) is 1.63. The smallest absolute Gasteiger partial charge is 0.232 e.